The highest BCUT2D eigenvalue weighted by Gasteiger charge is 2.15. The smallest absolute Gasteiger partial charge is 0.258 e. The first kappa shape index (κ1) is 13.4. The fourth-order valence-corrected chi connectivity index (χ4v) is 1.43. The zero-order chi connectivity index (χ0) is 12.8. The van der Waals surface area contributed by atoms with E-state index in [2.05, 4.69) is 5.32 Å². The second-order valence-electron chi connectivity index (χ2n) is 3.88. The number of aliphatic hydroxyl groups excluding tert-OH is 1. The SMILES string of the molecule is CC(O)CCCNC(=O)c1c(O)cccc1F. The number of aliphatic hydroxyl groups is 1. The number of benzene rings is 1. The van der Waals surface area contributed by atoms with Crippen molar-refractivity contribution >= 4 is 5.91 Å². The molecule has 0 aliphatic carbocycles. The lowest BCUT2D eigenvalue weighted by Crippen LogP contribution is -2.26. The zero-order valence-corrected chi connectivity index (χ0v) is 9.61. The monoisotopic (exact) mass is 241 g/mol. The van der Waals surface area contributed by atoms with Gasteiger partial charge in [0.15, 0.2) is 0 Å². The Hall–Kier alpha value is -1.62. The van der Waals surface area contributed by atoms with Gasteiger partial charge < -0.3 is 15.5 Å². The third-order valence-electron chi connectivity index (χ3n) is 2.30. The molecule has 0 fully saturated rings. The van der Waals surface area contributed by atoms with Crippen LogP contribution in [0.3, 0.4) is 0 Å². The molecule has 0 aromatic heterocycles. The fourth-order valence-electron chi connectivity index (χ4n) is 1.43. The van der Waals surface area contributed by atoms with Crippen LogP contribution in [0.15, 0.2) is 18.2 Å². The van der Waals surface area contributed by atoms with Crippen LogP contribution >= 0.6 is 0 Å². The van der Waals surface area contributed by atoms with Gasteiger partial charge in [0.25, 0.3) is 5.91 Å². The summed E-state index contributed by atoms with van der Waals surface area (Å²) in [5.41, 5.74) is -0.343. The summed E-state index contributed by atoms with van der Waals surface area (Å²) in [5.74, 6) is -1.78. The summed E-state index contributed by atoms with van der Waals surface area (Å²) in [7, 11) is 0. The van der Waals surface area contributed by atoms with Crippen LogP contribution in [0.1, 0.15) is 30.1 Å². The molecule has 0 heterocycles. The van der Waals surface area contributed by atoms with E-state index < -0.39 is 17.8 Å². The molecule has 1 unspecified atom stereocenters. The second kappa shape index (κ2) is 6.20. The van der Waals surface area contributed by atoms with Gasteiger partial charge in [-0.25, -0.2) is 4.39 Å². The number of hydrogen-bond donors (Lipinski definition) is 3. The molecule has 0 saturated heterocycles. The van der Waals surface area contributed by atoms with Crippen LogP contribution in [-0.4, -0.2) is 28.8 Å². The van der Waals surface area contributed by atoms with Gasteiger partial charge in [0, 0.05) is 6.54 Å². The average molecular weight is 241 g/mol. The highest BCUT2D eigenvalue weighted by atomic mass is 19.1. The molecule has 94 valence electrons. The first-order chi connectivity index (χ1) is 8.02. The molecule has 1 aromatic rings. The van der Waals surface area contributed by atoms with Gasteiger partial charge in [-0.2, -0.15) is 0 Å². The Bertz CT molecular complexity index is 373. The Balaban J connectivity index is 2.53. The summed E-state index contributed by atoms with van der Waals surface area (Å²) in [6.07, 6.45) is 0.732. The Morgan fingerprint density at radius 2 is 2.24 bits per heavy atom. The van der Waals surface area contributed by atoms with Gasteiger partial charge in [0.2, 0.25) is 0 Å². The molecule has 0 spiro atoms. The first-order valence-corrected chi connectivity index (χ1v) is 5.46. The second-order valence-corrected chi connectivity index (χ2v) is 3.88. The minimum atomic E-state index is -0.752. The highest BCUT2D eigenvalue weighted by Crippen LogP contribution is 2.19. The van der Waals surface area contributed by atoms with Crippen LogP contribution in [0.25, 0.3) is 0 Å². The lowest BCUT2D eigenvalue weighted by Gasteiger charge is -2.08. The fraction of sp³-hybridized carbons (Fsp3) is 0.417. The van der Waals surface area contributed by atoms with Gasteiger partial charge in [0.1, 0.15) is 17.1 Å². The maximum atomic E-state index is 13.3. The number of amides is 1. The Morgan fingerprint density at radius 3 is 2.82 bits per heavy atom. The first-order valence-electron chi connectivity index (χ1n) is 5.46. The van der Waals surface area contributed by atoms with E-state index in [0.29, 0.717) is 19.4 Å². The van der Waals surface area contributed by atoms with Crippen molar-refractivity contribution in [3.05, 3.63) is 29.6 Å². The Kier molecular flexibility index (Phi) is 4.90. The molecular formula is C12H16FNO3. The number of rotatable bonds is 5. The van der Waals surface area contributed by atoms with Crippen LogP contribution in [0, 0.1) is 5.82 Å². The van der Waals surface area contributed by atoms with Crippen molar-refractivity contribution < 1.29 is 19.4 Å². The maximum absolute atomic E-state index is 13.3. The number of halogens is 1. The van der Waals surface area contributed by atoms with E-state index in [-0.39, 0.29) is 11.3 Å². The van der Waals surface area contributed by atoms with Crippen molar-refractivity contribution in [2.45, 2.75) is 25.9 Å². The zero-order valence-electron chi connectivity index (χ0n) is 9.61. The van der Waals surface area contributed by atoms with E-state index >= 15 is 0 Å². The van der Waals surface area contributed by atoms with Crippen molar-refractivity contribution in [2.24, 2.45) is 0 Å². The topological polar surface area (TPSA) is 69.6 Å². The van der Waals surface area contributed by atoms with E-state index in [1.807, 2.05) is 0 Å². The number of aromatic hydroxyl groups is 1. The molecule has 0 aliphatic heterocycles. The summed E-state index contributed by atoms with van der Waals surface area (Å²) >= 11 is 0. The standard InChI is InChI=1S/C12H16FNO3/c1-8(15)4-3-7-14-12(17)11-9(13)5-2-6-10(11)16/h2,5-6,8,15-16H,3-4,7H2,1H3,(H,14,17). The summed E-state index contributed by atoms with van der Waals surface area (Å²) in [4.78, 5) is 11.6. The van der Waals surface area contributed by atoms with Crippen LogP contribution in [-0.2, 0) is 0 Å². The number of phenols is 1. The lowest BCUT2D eigenvalue weighted by molar-refractivity contribution is 0.0942. The third-order valence-corrected chi connectivity index (χ3v) is 2.30. The van der Waals surface area contributed by atoms with E-state index in [4.69, 9.17) is 5.11 Å². The van der Waals surface area contributed by atoms with E-state index in [1.54, 1.807) is 6.92 Å². The largest absolute Gasteiger partial charge is 0.507 e. The summed E-state index contributed by atoms with van der Waals surface area (Å²) < 4.78 is 13.3. The average Bonchev–Trinajstić information content (AvgIpc) is 2.24. The number of carbonyl (C=O) groups excluding carboxylic acids is 1. The molecule has 1 rings (SSSR count). The van der Waals surface area contributed by atoms with E-state index in [1.165, 1.54) is 12.1 Å². The molecule has 0 saturated carbocycles. The van der Waals surface area contributed by atoms with Crippen molar-refractivity contribution in [1.29, 1.82) is 0 Å². The van der Waals surface area contributed by atoms with Crippen molar-refractivity contribution in [2.75, 3.05) is 6.54 Å². The Labute approximate surface area is 99.1 Å². The van der Waals surface area contributed by atoms with Crippen LogP contribution < -0.4 is 5.32 Å². The third kappa shape index (κ3) is 4.03. The van der Waals surface area contributed by atoms with Crippen LogP contribution in [0.5, 0.6) is 5.75 Å². The quantitative estimate of drug-likeness (QED) is 0.683. The number of nitrogens with one attached hydrogen (secondary N) is 1. The highest BCUT2D eigenvalue weighted by molar-refractivity contribution is 5.97. The molecular weight excluding hydrogens is 225 g/mol. The van der Waals surface area contributed by atoms with Gasteiger partial charge in [-0.1, -0.05) is 6.07 Å². The van der Waals surface area contributed by atoms with Gasteiger partial charge in [-0.15, -0.1) is 0 Å². The molecule has 3 N–H and O–H groups in total. The summed E-state index contributed by atoms with van der Waals surface area (Å²) in [6.45, 7) is 1.99. The molecule has 0 radical (unpaired) electrons. The molecule has 1 aromatic carbocycles. The van der Waals surface area contributed by atoms with Crippen molar-refractivity contribution in [3.63, 3.8) is 0 Å². The Morgan fingerprint density at radius 1 is 1.53 bits per heavy atom. The van der Waals surface area contributed by atoms with E-state index in [9.17, 15) is 14.3 Å². The summed E-state index contributed by atoms with van der Waals surface area (Å²) in [6, 6.07) is 3.70. The predicted molar refractivity (Wildman–Crippen MR) is 61.3 cm³/mol. The predicted octanol–water partition coefficient (Wildman–Crippen LogP) is 1.42. The van der Waals surface area contributed by atoms with Crippen LogP contribution in [0.4, 0.5) is 4.39 Å². The van der Waals surface area contributed by atoms with Gasteiger partial charge in [0.05, 0.1) is 6.10 Å². The van der Waals surface area contributed by atoms with Gasteiger partial charge >= 0.3 is 0 Å². The number of carbonyl (C=O) groups is 1. The molecule has 0 aliphatic rings. The normalized spacial score (nSPS) is 12.2. The molecule has 17 heavy (non-hydrogen) atoms. The number of hydrogen-bond acceptors (Lipinski definition) is 3. The van der Waals surface area contributed by atoms with Gasteiger partial charge in [-0.3, -0.25) is 4.79 Å². The maximum Gasteiger partial charge on any atom is 0.258 e. The molecule has 1 atom stereocenters. The van der Waals surface area contributed by atoms with Gasteiger partial charge in [-0.05, 0) is 31.9 Å². The minimum Gasteiger partial charge on any atom is -0.507 e. The number of phenolic OH excluding ortho intramolecular Hbond substituents is 1. The van der Waals surface area contributed by atoms with Crippen LogP contribution in [0.2, 0.25) is 0 Å². The molecule has 5 heteroatoms. The van der Waals surface area contributed by atoms with E-state index in [0.717, 1.165) is 6.07 Å². The molecule has 1 amide bonds. The summed E-state index contributed by atoms with van der Waals surface area (Å²) in [5, 5.41) is 20.9. The molecule has 4 nitrogen and oxygen atoms in total. The van der Waals surface area contributed by atoms with Crippen molar-refractivity contribution in [1.82, 2.24) is 5.32 Å². The molecule has 0 bridgehead atoms. The minimum absolute atomic E-state index is 0.331. The lowest BCUT2D eigenvalue weighted by atomic mass is 10.1. The van der Waals surface area contributed by atoms with Crippen molar-refractivity contribution in [3.8, 4) is 5.75 Å².